The molecular weight excluding hydrogens is 249 g/mol. The fourth-order valence-electron chi connectivity index (χ4n) is 1.52. The second-order valence-corrected chi connectivity index (χ2v) is 4.78. The van der Waals surface area contributed by atoms with Gasteiger partial charge in [0.15, 0.2) is 11.6 Å². The Balaban J connectivity index is 2.30. The van der Waals surface area contributed by atoms with E-state index in [9.17, 15) is 4.39 Å². The molecule has 0 saturated heterocycles. The molecule has 0 saturated carbocycles. The van der Waals surface area contributed by atoms with Gasteiger partial charge in [0.25, 0.3) is 0 Å². The van der Waals surface area contributed by atoms with Crippen LogP contribution in [0.25, 0.3) is 0 Å². The topological polar surface area (TPSA) is 35.2 Å². The minimum absolute atomic E-state index is 0.241. The number of anilines is 1. The van der Waals surface area contributed by atoms with E-state index >= 15 is 0 Å². The van der Waals surface area contributed by atoms with Crippen LogP contribution in [0.3, 0.4) is 0 Å². The van der Waals surface area contributed by atoms with Crippen LogP contribution < -0.4 is 10.5 Å². The monoisotopic (exact) mass is 263 g/mol. The van der Waals surface area contributed by atoms with Crippen LogP contribution in [0.4, 0.5) is 10.1 Å². The van der Waals surface area contributed by atoms with Crippen LogP contribution in [-0.2, 0) is 0 Å². The average molecular weight is 263 g/mol. The SMILES string of the molecule is CCOc1cc(Sc2ccccc2)c(N)cc1F. The molecular formula is C14H14FNOS. The fourth-order valence-corrected chi connectivity index (χ4v) is 2.41. The summed E-state index contributed by atoms with van der Waals surface area (Å²) in [7, 11) is 0. The Morgan fingerprint density at radius 3 is 2.61 bits per heavy atom. The van der Waals surface area contributed by atoms with Crippen LogP contribution in [0, 0.1) is 5.82 Å². The second kappa shape index (κ2) is 5.78. The summed E-state index contributed by atoms with van der Waals surface area (Å²) in [5, 5.41) is 0. The molecule has 0 amide bonds. The molecule has 2 aromatic rings. The highest BCUT2D eigenvalue weighted by Crippen LogP contribution is 2.35. The predicted molar refractivity (Wildman–Crippen MR) is 72.5 cm³/mol. The Morgan fingerprint density at radius 2 is 1.94 bits per heavy atom. The Kier molecular flexibility index (Phi) is 4.10. The van der Waals surface area contributed by atoms with Crippen molar-refractivity contribution < 1.29 is 9.13 Å². The molecule has 0 atom stereocenters. The number of ether oxygens (including phenoxy) is 1. The van der Waals surface area contributed by atoms with Crippen molar-refractivity contribution in [3.63, 3.8) is 0 Å². The van der Waals surface area contributed by atoms with Crippen molar-refractivity contribution in [2.75, 3.05) is 12.3 Å². The van der Waals surface area contributed by atoms with Crippen molar-refractivity contribution in [3.8, 4) is 5.75 Å². The third kappa shape index (κ3) is 2.96. The number of nitrogen functional groups attached to an aromatic ring is 1. The van der Waals surface area contributed by atoms with Crippen molar-refractivity contribution in [1.82, 2.24) is 0 Å². The van der Waals surface area contributed by atoms with Crippen molar-refractivity contribution in [2.24, 2.45) is 0 Å². The van der Waals surface area contributed by atoms with Crippen LogP contribution in [0.2, 0.25) is 0 Å². The summed E-state index contributed by atoms with van der Waals surface area (Å²) in [6.45, 7) is 2.25. The van der Waals surface area contributed by atoms with Gasteiger partial charge in [0.1, 0.15) is 0 Å². The maximum absolute atomic E-state index is 13.5. The van der Waals surface area contributed by atoms with Gasteiger partial charge in [-0.05, 0) is 25.1 Å². The highest BCUT2D eigenvalue weighted by molar-refractivity contribution is 7.99. The van der Waals surface area contributed by atoms with Gasteiger partial charge in [0.2, 0.25) is 0 Å². The Labute approximate surface area is 110 Å². The van der Waals surface area contributed by atoms with E-state index in [-0.39, 0.29) is 5.75 Å². The van der Waals surface area contributed by atoms with E-state index in [0.29, 0.717) is 12.3 Å². The van der Waals surface area contributed by atoms with Gasteiger partial charge in [-0.2, -0.15) is 0 Å². The summed E-state index contributed by atoms with van der Waals surface area (Å²) in [6.07, 6.45) is 0. The molecule has 2 N–H and O–H groups in total. The molecule has 0 radical (unpaired) electrons. The minimum Gasteiger partial charge on any atom is -0.491 e. The number of benzene rings is 2. The minimum atomic E-state index is -0.424. The zero-order valence-electron chi connectivity index (χ0n) is 10.0. The molecule has 0 aliphatic heterocycles. The lowest BCUT2D eigenvalue weighted by Gasteiger charge is -2.10. The van der Waals surface area contributed by atoms with Gasteiger partial charge in [-0.15, -0.1) is 0 Å². The third-order valence-corrected chi connectivity index (χ3v) is 3.42. The molecule has 2 nitrogen and oxygen atoms in total. The highest BCUT2D eigenvalue weighted by atomic mass is 32.2. The normalized spacial score (nSPS) is 10.3. The lowest BCUT2D eigenvalue weighted by atomic mass is 10.3. The van der Waals surface area contributed by atoms with E-state index < -0.39 is 5.82 Å². The molecule has 18 heavy (non-hydrogen) atoms. The molecule has 2 rings (SSSR count). The molecule has 4 heteroatoms. The summed E-state index contributed by atoms with van der Waals surface area (Å²) >= 11 is 1.49. The molecule has 0 aliphatic rings. The van der Waals surface area contributed by atoms with Crippen LogP contribution in [0.15, 0.2) is 52.3 Å². The smallest absolute Gasteiger partial charge is 0.167 e. The first-order chi connectivity index (χ1) is 8.70. The average Bonchev–Trinajstić information content (AvgIpc) is 2.37. The number of hydrogen-bond acceptors (Lipinski definition) is 3. The molecule has 0 spiro atoms. The zero-order chi connectivity index (χ0) is 13.0. The van der Waals surface area contributed by atoms with Crippen LogP contribution in [0.1, 0.15) is 6.92 Å². The van der Waals surface area contributed by atoms with Crippen LogP contribution >= 0.6 is 11.8 Å². The predicted octanol–water partition coefficient (Wildman–Crippen LogP) is 3.96. The van der Waals surface area contributed by atoms with Crippen LogP contribution in [0.5, 0.6) is 5.75 Å². The van der Waals surface area contributed by atoms with Crippen molar-refractivity contribution in [3.05, 3.63) is 48.3 Å². The van der Waals surface area contributed by atoms with Crippen LogP contribution in [-0.4, -0.2) is 6.61 Å². The van der Waals surface area contributed by atoms with E-state index in [0.717, 1.165) is 9.79 Å². The molecule has 0 unspecified atom stereocenters. The molecule has 0 heterocycles. The quantitative estimate of drug-likeness (QED) is 0.848. The molecule has 0 aromatic heterocycles. The van der Waals surface area contributed by atoms with Crippen molar-refractivity contribution in [2.45, 2.75) is 16.7 Å². The summed E-state index contributed by atoms with van der Waals surface area (Å²) < 4.78 is 18.8. The van der Waals surface area contributed by atoms with E-state index in [1.54, 1.807) is 6.07 Å². The standard InChI is InChI=1S/C14H14FNOS/c1-2-17-13-9-14(12(16)8-11(13)15)18-10-6-4-3-5-7-10/h3-9H,2,16H2,1H3. The Bertz CT molecular complexity index is 531. The molecule has 0 bridgehead atoms. The van der Waals surface area contributed by atoms with E-state index in [1.165, 1.54) is 17.8 Å². The Morgan fingerprint density at radius 1 is 1.22 bits per heavy atom. The second-order valence-electron chi connectivity index (χ2n) is 3.67. The first-order valence-electron chi connectivity index (χ1n) is 5.65. The Hall–Kier alpha value is -1.68. The van der Waals surface area contributed by atoms with Gasteiger partial charge < -0.3 is 10.5 Å². The summed E-state index contributed by atoms with van der Waals surface area (Å²) in [5.74, 6) is -0.183. The number of nitrogens with two attached hydrogens (primary N) is 1. The summed E-state index contributed by atoms with van der Waals surface area (Å²) in [6, 6.07) is 12.8. The molecule has 2 aromatic carbocycles. The first-order valence-corrected chi connectivity index (χ1v) is 6.47. The van der Waals surface area contributed by atoms with Gasteiger partial charge in [-0.3, -0.25) is 0 Å². The first kappa shape index (κ1) is 12.8. The fraction of sp³-hybridized carbons (Fsp3) is 0.143. The van der Waals surface area contributed by atoms with Crippen molar-refractivity contribution >= 4 is 17.4 Å². The zero-order valence-corrected chi connectivity index (χ0v) is 10.8. The van der Waals surface area contributed by atoms with Crippen molar-refractivity contribution in [1.29, 1.82) is 0 Å². The van der Waals surface area contributed by atoms with Gasteiger partial charge in [-0.25, -0.2) is 4.39 Å². The lowest BCUT2D eigenvalue weighted by Crippen LogP contribution is -1.97. The van der Waals surface area contributed by atoms with Gasteiger partial charge in [-0.1, -0.05) is 30.0 Å². The van der Waals surface area contributed by atoms with Gasteiger partial charge >= 0.3 is 0 Å². The molecule has 0 aliphatic carbocycles. The number of rotatable bonds is 4. The maximum atomic E-state index is 13.5. The van der Waals surface area contributed by atoms with E-state index in [1.807, 2.05) is 37.3 Å². The largest absolute Gasteiger partial charge is 0.491 e. The third-order valence-electron chi connectivity index (χ3n) is 2.34. The number of halogens is 1. The molecule has 0 fully saturated rings. The number of hydrogen-bond donors (Lipinski definition) is 1. The summed E-state index contributed by atoms with van der Waals surface area (Å²) in [4.78, 5) is 1.85. The summed E-state index contributed by atoms with van der Waals surface area (Å²) in [5.41, 5.74) is 6.24. The van der Waals surface area contributed by atoms with Gasteiger partial charge in [0.05, 0.1) is 6.61 Å². The maximum Gasteiger partial charge on any atom is 0.167 e. The van der Waals surface area contributed by atoms with E-state index in [4.69, 9.17) is 10.5 Å². The lowest BCUT2D eigenvalue weighted by molar-refractivity contribution is 0.321. The highest BCUT2D eigenvalue weighted by Gasteiger charge is 2.10. The molecule has 94 valence electrons. The van der Waals surface area contributed by atoms with E-state index in [2.05, 4.69) is 0 Å². The van der Waals surface area contributed by atoms with Gasteiger partial charge in [0, 0.05) is 21.5 Å².